The molecular formula is C18H21ClF2N4O. The number of nitrogens with one attached hydrogen (secondary N) is 2. The number of halogens is 3. The van der Waals surface area contributed by atoms with E-state index in [4.69, 9.17) is 11.6 Å². The number of aliphatic imine (C=N–C) groups is 1. The minimum atomic E-state index is -2.91. The number of aryl methyl sites for hydroxylation is 1. The molecule has 2 aromatic rings. The van der Waals surface area contributed by atoms with Crippen molar-refractivity contribution in [1.29, 1.82) is 0 Å². The van der Waals surface area contributed by atoms with Crippen molar-refractivity contribution in [2.24, 2.45) is 4.99 Å². The lowest BCUT2D eigenvalue weighted by Gasteiger charge is -2.13. The topological polar surface area (TPSA) is 58.5 Å². The molecule has 0 fully saturated rings. The van der Waals surface area contributed by atoms with Crippen LogP contribution in [0.15, 0.2) is 41.5 Å². The van der Waals surface area contributed by atoms with Gasteiger partial charge in [-0.2, -0.15) is 8.78 Å². The predicted octanol–water partition coefficient (Wildman–Crippen LogP) is 3.90. The number of hydrogen-bond acceptors (Lipinski definition) is 3. The zero-order valence-corrected chi connectivity index (χ0v) is 15.4. The van der Waals surface area contributed by atoms with Crippen LogP contribution in [-0.4, -0.2) is 24.1 Å². The number of hydrogen-bond donors (Lipinski definition) is 2. The highest BCUT2D eigenvalue weighted by molar-refractivity contribution is 6.30. The van der Waals surface area contributed by atoms with E-state index in [1.807, 2.05) is 26.0 Å². The molecule has 26 heavy (non-hydrogen) atoms. The van der Waals surface area contributed by atoms with Crippen molar-refractivity contribution in [1.82, 2.24) is 15.6 Å². The maximum atomic E-state index is 12.5. The van der Waals surface area contributed by atoms with Crippen LogP contribution in [0.1, 0.15) is 23.7 Å². The van der Waals surface area contributed by atoms with Gasteiger partial charge in [-0.05, 0) is 43.7 Å². The molecule has 1 aromatic carbocycles. The van der Waals surface area contributed by atoms with Gasteiger partial charge in [-0.15, -0.1) is 0 Å². The summed E-state index contributed by atoms with van der Waals surface area (Å²) in [6.45, 7) is 2.30. The number of nitrogens with zero attached hydrogens (tertiary/aromatic N) is 2. The third-order valence-corrected chi connectivity index (χ3v) is 3.77. The summed E-state index contributed by atoms with van der Waals surface area (Å²) >= 11 is 5.96. The first-order valence-corrected chi connectivity index (χ1v) is 8.53. The lowest BCUT2D eigenvalue weighted by Crippen LogP contribution is -2.37. The van der Waals surface area contributed by atoms with Crippen LogP contribution in [0.5, 0.6) is 5.75 Å². The van der Waals surface area contributed by atoms with E-state index in [1.54, 1.807) is 12.3 Å². The fraction of sp³-hybridized carbons (Fsp3) is 0.333. The van der Waals surface area contributed by atoms with Crippen LogP contribution in [0.3, 0.4) is 0 Å². The Morgan fingerprint density at radius 3 is 2.81 bits per heavy atom. The highest BCUT2D eigenvalue weighted by Crippen LogP contribution is 2.25. The summed E-state index contributed by atoms with van der Waals surface area (Å²) in [5.74, 6) is 0.602. The van der Waals surface area contributed by atoms with Gasteiger partial charge in [0, 0.05) is 23.3 Å². The molecular weight excluding hydrogens is 362 g/mol. The molecule has 2 rings (SSSR count). The molecule has 1 aromatic heterocycles. The molecule has 0 radical (unpaired) electrons. The minimum Gasteiger partial charge on any atom is -0.434 e. The Morgan fingerprint density at radius 1 is 1.31 bits per heavy atom. The SMILES string of the molecule is CCNC(=NCc1cc(Cl)ccc1OC(F)F)NCc1ncccc1C. The van der Waals surface area contributed by atoms with Gasteiger partial charge >= 0.3 is 6.61 Å². The fourth-order valence-electron chi connectivity index (χ4n) is 2.26. The van der Waals surface area contributed by atoms with E-state index in [0.717, 1.165) is 11.3 Å². The standard InChI is InChI=1S/C18H21ClF2N4O/c1-3-22-18(25-11-15-12(2)5-4-8-23-15)24-10-13-9-14(19)6-7-16(13)26-17(20)21/h4-9,17H,3,10-11H2,1-2H3,(H2,22,24,25). The third-order valence-electron chi connectivity index (χ3n) is 3.53. The van der Waals surface area contributed by atoms with Gasteiger partial charge < -0.3 is 15.4 Å². The van der Waals surface area contributed by atoms with Crippen LogP contribution >= 0.6 is 11.6 Å². The molecule has 0 spiro atoms. The van der Waals surface area contributed by atoms with Crippen LogP contribution in [0.4, 0.5) is 8.78 Å². The van der Waals surface area contributed by atoms with Gasteiger partial charge in [0.1, 0.15) is 5.75 Å². The normalized spacial score (nSPS) is 11.5. The summed E-state index contributed by atoms with van der Waals surface area (Å²) in [6.07, 6.45) is 1.73. The Balaban J connectivity index is 2.11. The van der Waals surface area contributed by atoms with Crippen LogP contribution in [0.2, 0.25) is 5.02 Å². The van der Waals surface area contributed by atoms with E-state index in [9.17, 15) is 8.78 Å². The molecule has 0 aliphatic heterocycles. The molecule has 0 aliphatic carbocycles. The van der Waals surface area contributed by atoms with E-state index < -0.39 is 6.61 Å². The Bertz CT molecular complexity index is 756. The maximum absolute atomic E-state index is 12.5. The number of benzene rings is 1. The van der Waals surface area contributed by atoms with Gasteiger partial charge in [0.05, 0.1) is 18.8 Å². The van der Waals surface area contributed by atoms with Crippen molar-refractivity contribution in [3.8, 4) is 5.75 Å². The minimum absolute atomic E-state index is 0.0598. The second-order valence-corrected chi connectivity index (χ2v) is 5.88. The molecule has 0 saturated heterocycles. The molecule has 140 valence electrons. The fourth-order valence-corrected chi connectivity index (χ4v) is 2.45. The molecule has 0 amide bonds. The average Bonchev–Trinajstić information content (AvgIpc) is 2.60. The largest absolute Gasteiger partial charge is 0.434 e. The first-order chi connectivity index (χ1) is 12.5. The molecule has 0 bridgehead atoms. The van der Waals surface area contributed by atoms with Crippen LogP contribution in [-0.2, 0) is 13.1 Å². The number of aromatic nitrogens is 1. The molecule has 0 saturated carbocycles. The summed E-state index contributed by atoms with van der Waals surface area (Å²) in [5.41, 5.74) is 2.45. The molecule has 1 heterocycles. The molecule has 0 unspecified atom stereocenters. The van der Waals surface area contributed by atoms with E-state index in [0.29, 0.717) is 29.6 Å². The van der Waals surface area contributed by atoms with E-state index in [2.05, 4.69) is 25.3 Å². The Morgan fingerprint density at radius 2 is 2.12 bits per heavy atom. The zero-order chi connectivity index (χ0) is 18.9. The monoisotopic (exact) mass is 382 g/mol. The van der Waals surface area contributed by atoms with Gasteiger partial charge in [0.15, 0.2) is 5.96 Å². The molecule has 8 heteroatoms. The molecule has 2 N–H and O–H groups in total. The molecule has 5 nitrogen and oxygen atoms in total. The van der Waals surface area contributed by atoms with Crippen molar-refractivity contribution in [3.63, 3.8) is 0 Å². The second-order valence-electron chi connectivity index (χ2n) is 5.45. The van der Waals surface area contributed by atoms with Gasteiger partial charge in [0.25, 0.3) is 0 Å². The highest BCUT2D eigenvalue weighted by Gasteiger charge is 2.10. The highest BCUT2D eigenvalue weighted by atomic mass is 35.5. The summed E-state index contributed by atoms with van der Waals surface area (Å²) in [5, 5.41) is 6.71. The second kappa shape index (κ2) is 9.91. The number of ether oxygens (including phenoxy) is 1. The summed E-state index contributed by atoms with van der Waals surface area (Å²) in [6, 6.07) is 8.34. The van der Waals surface area contributed by atoms with Crippen molar-refractivity contribution in [2.75, 3.05) is 6.54 Å². The van der Waals surface area contributed by atoms with Crippen molar-refractivity contribution < 1.29 is 13.5 Å². The van der Waals surface area contributed by atoms with Crippen LogP contribution < -0.4 is 15.4 Å². The Hall–Kier alpha value is -2.41. The summed E-state index contributed by atoms with van der Waals surface area (Å²) in [4.78, 5) is 8.74. The smallest absolute Gasteiger partial charge is 0.387 e. The lowest BCUT2D eigenvalue weighted by atomic mass is 10.2. The first-order valence-electron chi connectivity index (χ1n) is 8.15. The number of guanidine groups is 1. The van der Waals surface area contributed by atoms with Crippen molar-refractivity contribution >= 4 is 17.6 Å². The molecule has 0 aliphatic rings. The number of rotatable bonds is 7. The quantitative estimate of drug-likeness (QED) is 0.563. The summed E-state index contributed by atoms with van der Waals surface area (Å²) < 4.78 is 29.6. The van der Waals surface area contributed by atoms with E-state index in [-0.39, 0.29) is 12.3 Å². The zero-order valence-electron chi connectivity index (χ0n) is 14.6. The average molecular weight is 383 g/mol. The Labute approximate surface area is 156 Å². The van der Waals surface area contributed by atoms with Gasteiger partial charge in [-0.3, -0.25) is 4.98 Å². The predicted molar refractivity (Wildman–Crippen MR) is 98.7 cm³/mol. The maximum Gasteiger partial charge on any atom is 0.387 e. The van der Waals surface area contributed by atoms with E-state index >= 15 is 0 Å². The van der Waals surface area contributed by atoms with Crippen LogP contribution in [0.25, 0.3) is 0 Å². The third kappa shape index (κ3) is 6.15. The number of pyridine rings is 1. The van der Waals surface area contributed by atoms with E-state index in [1.165, 1.54) is 12.1 Å². The number of alkyl halides is 2. The lowest BCUT2D eigenvalue weighted by molar-refractivity contribution is -0.0504. The van der Waals surface area contributed by atoms with Gasteiger partial charge in [-0.1, -0.05) is 17.7 Å². The van der Waals surface area contributed by atoms with Crippen molar-refractivity contribution in [2.45, 2.75) is 33.5 Å². The van der Waals surface area contributed by atoms with Crippen molar-refractivity contribution in [3.05, 3.63) is 58.4 Å². The van der Waals surface area contributed by atoms with Crippen LogP contribution in [0, 0.1) is 6.92 Å². The summed E-state index contributed by atoms with van der Waals surface area (Å²) in [7, 11) is 0. The Kier molecular flexibility index (Phi) is 7.59. The van der Waals surface area contributed by atoms with Gasteiger partial charge in [0.2, 0.25) is 0 Å². The first kappa shape index (κ1) is 19.9. The molecule has 0 atom stereocenters. The van der Waals surface area contributed by atoms with Gasteiger partial charge in [-0.25, -0.2) is 4.99 Å².